The highest BCUT2D eigenvalue weighted by atomic mass is 35.5. The topological polar surface area (TPSA) is 37.8 Å². The summed E-state index contributed by atoms with van der Waals surface area (Å²) in [7, 11) is 0. The second-order valence-corrected chi connectivity index (χ2v) is 3.26. The molecule has 2 aromatic rings. The van der Waals surface area contributed by atoms with Crippen LogP contribution in [0.3, 0.4) is 0 Å². The van der Waals surface area contributed by atoms with Crippen molar-refractivity contribution in [3.8, 4) is 0 Å². The van der Waals surface area contributed by atoms with E-state index in [9.17, 15) is 0 Å². The van der Waals surface area contributed by atoms with Gasteiger partial charge in [0.15, 0.2) is 0 Å². The molecule has 1 aromatic carbocycles. The molecule has 0 bridgehead atoms. The number of hydrogen-bond acceptors (Lipinski definition) is 3. The molecule has 0 amide bonds. The smallest absolute Gasteiger partial charge is 0.227 e. The monoisotopic (exact) mass is 219 g/mol. The number of halogens is 1. The minimum absolute atomic E-state index is 0.395. The van der Waals surface area contributed by atoms with E-state index in [2.05, 4.69) is 15.3 Å². The van der Waals surface area contributed by atoms with Crippen LogP contribution in [-0.2, 0) is 5.88 Å². The Kier molecular flexibility index (Phi) is 3.15. The van der Waals surface area contributed by atoms with Gasteiger partial charge in [-0.2, -0.15) is 0 Å². The van der Waals surface area contributed by atoms with Crippen LogP contribution in [0, 0.1) is 0 Å². The van der Waals surface area contributed by atoms with E-state index >= 15 is 0 Å². The Morgan fingerprint density at radius 2 is 1.93 bits per heavy atom. The molecule has 3 nitrogen and oxygen atoms in total. The van der Waals surface area contributed by atoms with E-state index in [1.54, 1.807) is 12.3 Å². The first-order valence-corrected chi connectivity index (χ1v) is 5.12. The van der Waals surface area contributed by atoms with Crippen LogP contribution in [0.4, 0.5) is 11.6 Å². The van der Waals surface area contributed by atoms with Gasteiger partial charge in [-0.1, -0.05) is 18.2 Å². The molecule has 0 saturated heterocycles. The number of hydrogen-bond donors (Lipinski definition) is 1. The fourth-order valence-corrected chi connectivity index (χ4v) is 1.33. The summed E-state index contributed by atoms with van der Waals surface area (Å²) in [4.78, 5) is 8.33. The molecule has 0 atom stereocenters. The molecular weight excluding hydrogens is 210 g/mol. The maximum atomic E-state index is 5.68. The van der Waals surface area contributed by atoms with Crippen molar-refractivity contribution in [2.45, 2.75) is 5.88 Å². The van der Waals surface area contributed by atoms with Crippen LogP contribution in [-0.4, -0.2) is 9.97 Å². The molecule has 1 N–H and O–H groups in total. The molecule has 0 fully saturated rings. The number of benzene rings is 1. The first kappa shape index (κ1) is 9.93. The standard InChI is InChI=1S/C11H10ClN3/c12-8-10-6-7-13-11(15-10)14-9-4-2-1-3-5-9/h1-7H,8H2,(H,13,14,15). The second kappa shape index (κ2) is 4.75. The fourth-order valence-electron chi connectivity index (χ4n) is 1.18. The number of nitrogens with one attached hydrogen (secondary N) is 1. The van der Waals surface area contributed by atoms with Crippen LogP contribution in [0.5, 0.6) is 0 Å². The van der Waals surface area contributed by atoms with Crippen LogP contribution in [0.2, 0.25) is 0 Å². The average Bonchev–Trinajstić information content (AvgIpc) is 2.31. The Morgan fingerprint density at radius 3 is 2.67 bits per heavy atom. The SMILES string of the molecule is ClCc1ccnc(Nc2ccccc2)n1. The summed E-state index contributed by atoms with van der Waals surface area (Å²) in [5.41, 5.74) is 1.77. The number of nitrogens with zero attached hydrogens (tertiary/aromatic N) is 2. The van der Waals surface area contributed by atoms with Gasteiger partial charge in [0.2, 0.25) is 5.95 Å². The summed E-state index contributed by atoms with van der Waals surface area (Å²) in [5.74, 6) is 0.964. The van der Waals surface area contributed by atoms with Gasteiger partial charge < -0.3 is 5.32 Å². The fraction of sp³-hybridized carbons (Fsp3) is 0.0909. The summed E-state index contributed by atoms with van der Waals surface area (Å²) in [6.07, 6.45) is 1.69. The van der Waals surface area contributed by atoms with E-state index < -0.39 is 0 Å². The van der Waals surface area contributed by atoms with Gasteiger partial charge in [0, 0.05) is 11.9 Å². The lowest BCUT2D eigenvalue weighted by Crippen LogP contribution is -1.98. The Hall–Kier alpha value is -1.61. The van der Waals surface area contributed by atoms with Crippen LogP contribution in [0.15, 0.2) is 42.6 Å². The third kappa shape index (κ3) is 2.67. The zero-order valence-corrected chi connectivity index (χ0v) is 8.78. The van der Waals surface area contributed by atoms with Gasteiger partial charge >= 0.3 is 0 Å². The molecule has 0 saturated carbocycles. The van der Waals surface area contributed by atoms with Crippen LogP contribution in [0.1, 0.15) is 5.69 Å². The van der Waals surface area contributed by atoms with Gasteiger partial charge in [0.25, 0.3) is 0 Å². The Balaban J connectivity index is 2.17. The highest BCUT2D eigenvalue weighted by Crippen LogP contribution is 2.11. The van der Waals surface area contributed by atoms with Crippen molar-refractivity contribution in [2.24, 2.45) is 0 Å². The Morgan fingerprint density at radius 1 is 1.13 bits per heavy atom. The summed E-state index contributed by atoms with van der Waals surface area (Å²) in [6, 6.07) is 11.6. The highest BCUT2D eigenvalue weighted by molar-refractivity contribution is 6.16. The van der Waals surface area contributed by atoms with Gasteiger partial charge in [-0.15, -0.1) is 11.6 Å². The van der Waals surface area contributed by atoms with Gasteiger partial charge in [-0.25, -0.2) is 9.97 Å². The molecule has 76 valence electrons. The van der Waals surface area contributed by atoms with E-state index in [1.165, 1.54) is 0 Å². The van der Waals surface area contributed by atoms with Gasteiger partial charge in [0.1, 0.15) is 0 Å². The lowest BCUT2D eigenvalue weighted by atomic mass is 10.3. The second-order valence-electron chi connectivity index (χ2n) is 3.00. The van der Waals surface area contributed by atoms with Gasteiger partial charge in [0.05, 0.1) is 11.6 Å². The number of para-hydroxylation sites is 1. The first-order valence-electron chi connectivity index (χ1n) is 4.58. The predicted molar refractivity (Wildman–Crippen MR) is 61.3 cm³/mol. The number of anilines is 2. The molecule has 0 aliphatic heterocycles. The molecule has 15 heavy (non-hydrogen) atoms. The minimum Gasteiger partial charge on any atom is -0.324 e. The van der Waals surface area contributed by atoms with E-state index in [1.807, 2.05) is 30.3 Å². The van der Waals surface area contributed by atoms with Crippen LogP contribution in [0.25, 0.3) is 0 Å². The van der Waals surface area contributed by atoms with Crippen molar-refractivity contribution in [3.05, 3.63) is 48.3 Å². The van der Waals surface area contributed by atoms with E-state index in [0.717, 1.165) is 11.4 Å². The molecule has 0 aliphatic carbocycles. The minimum atomic E-state index is 0.395. The third-order valence-electron chi connectivity index (χ3n) is 1.88. The third-order valence-corrected chi connectivity index (χ3v) is 2.15. The number of aromatic nitrogens is 2. The molecule has 0 spiro atoms. The normalized spacial score (nSPS) is 9.93. The van der Waals surface area contributed by atoms with Crippen LogP contribution < -0.4 is 5.32 Å². The summed E-state index contributed by atoms with van der Waals surface area (Å²) in [6.45, 7) is 0. The largest absolute Gasteiger partial charge is 0.324 e. The molecule has 1 heterocycles. The summed E-state index contributed by atoms with van der Waals surface area (Å²) in [5, 5.41) is 3.10. The molecule has 0 radical (unpaired) electrons. The molecule has 0 unspecified atom stereocenters. The molecule has 4 heteroatoms. The molecule has 0 aliphatic rings. The zero-order valence-electron chi connectivity index (χ0n) is 8.02. The zero-order chi connectivity index (χ0) is 10.5. The highest BCUT2D eigenvalue weighted by Gasteiger charge is 1.98. The number of rotatable bonds is 3. The molecular formula is C11H10ClN3. The lowest BCUT2D eigenvalue weighted by molar-refractivity contribution is 1.09. The van der Waals surface area contributed by atoms with Gasteiger partial charge in [-0.05, 0) is 18.2 Å². The quantitative estimate of drug-likeness (QED) is 0.807. The predicted octanol–water partition coefficient (Wildman–Crippen LogP) is 2.96. The maximum Gasteiger partial charge on any atom is 0.227 e. The van der Waals surface area contributed by atoms with Crippen molar-refractivity contribution >= 4 is 23.2 Å². The van der Waals surface area contributed by atoms with Crippen molar-refractivity contribution < 1.29 is 0 Å². The van der Waals surface area contributed by atoms with E-state index in [4.69, 9.17) is 11.6 Å². The van der Waals surface area contributed by atoms with Crippen molar-refractivity contribution in [3.63, 3.8) is 0 Å². The van der Waals surface area contributed by atoms with E-state index in [0.29, 0.717) is 11.8 Å². The Labute approximate surface area is 93.1 Å². The maximum absolute atomic E-state index is 5.68. The summed E-state index contributed by atoms with van der Waals surface area (Å²) < 4.78 is 0. The average molecular weight is 220 g/mol. The Bertz CT molecular complexity index is 431. The first-order chi connectivity index (χ1) is 7.38. The lowest BCUT2D eigenvalue weighted by Gasteiger charge is -2.04. The van der Waals surface area contributed by atoms with Crippen molar-refractivity contribution in [1.29, 1.82) is 0 Å². The molecule has 1 aromatic heterocycles. The van der Waals surface area contributed by atoms with Crippen LogP contribution >= 0.6 is 11.6 Å². The molecule has 2 rings (SSSR count). The summed E-state index contributed by atoms with van der Waals surface area (Å²) >= 11 is 5.68. The number of alkyl halides is 1. The van der Waals surface area contributed by atoms with Crippen molar-refractivity contribution in [2.75, 3.05) is 5.32 Å². The van der Waals surface area contributed by atoms with Gasteiger partial charge in [-0.3, -0.25) is 0 Å². The van der Waals surface area contributed by atoms with E-state index in [-0.39, 0.29) is 0 Å². The van der Waals surface area contributed by atoms with Crippen molar-refractivity contribution in [1.82, 2.24) is 9.97 Å².